The standard InChI is InChI=1S/C8H5ClN2O7/c9-5-3-4(1-2-6(5)10(14)15)18-7(8(12)13)11(16)17/h1-3,7H,(H,12,13). The van der Waals surface area contributed by atoms with E-state index < -0.39 is 27.7 Å². The zero-order valence-corrected chi connectivity index (χ0v) is 9.23. The zero-order valence-electron chi connectivity index (χ0n) is 8.48. The monoisotopic (exact) mass is 276 g/mol. The van der Waals surface area contributed by atoms with Crippen molar-refractivity contribution in [1.29, 1.82) is 0 Å². The Morgan fingerprint density at radius 1 is 1.39 bits per heavy atom. The minimum atomic E-state index is -2.30. The van der Waals surface area contributed by atoms with Crippen LogP contribution in [-0.4, -0.2) is 27.2 Å². The van der Waals surface area contributed by atoms with E-state index >= 15 is 0 Å². The van der Waals surface area contributed by atoms with E-state index in [4.69, 9.17) is 16.7 Å². The van der Waals surface area contributed by atoms with Gasteiger partial charge in [-0.05, 0) is 6.07 Å². The van der Waals surface area contributed by atoms with E-state index in [1.165, 1.54) is 0 Å². The molecule has 1 unspecified atom stereocenters. The summed E-state index contributed by atoms with van der Waals surface area (Å²) in [6, 6.07) is 2.90. The Balaban J connectivity index is 2.99. The highest BCUT2D eigenvalue weighted by Gasteiger charge is 2.32. The molecule has 1 N–H and O–H groups in total. The SMILES string of the molecule is O=C(O)C(Oc1ccc([N+](=O)[O-])c(Cl)c1)[N+](=O)[O-]. The van der Waals surface area contributed by atoms with Crippen LogP contribution in [0.1, 0.15) is 0 Å². The summed E-state index contributed by atoms with van der Waals surface area (Å²) in [5.41, 5.74) is -0.419. The molecular weight excluding hydrogens is 272 g/mol. The van der Waals surface area contributed by atoms with E-state index in [-0.39, 0.29) is 10.8 Å². The number of halogens is 1. The maximum absolute atomic E-state index is 10.5. The van der Waals surface area contributed by atoms with Gasteiger partial charge in [0.1, 0.15) is 10.8 Å². The van der Waals surface area contributed by atoms with Gasteiger partial charge in [0, 0.05) is 12.1 Å². The number of carbonyl (C=O) groups is 1. The predicted octanol–water partition coefficient (Wildman–Crippen LogP) is 1.31. The van der Waals surface area contributed by atoms with Crippen LogP contribution in [0, 0.1) is 20.2 Å². The number of rotatable bonds is 5. The van der Waals surface area contributed by atoms with E-state index in [0.29, 0.717) is 0 Å². The molecule has 1 atom stereocenters. The first-order chi connectivity index (χ1) is 8.32. The van der Waals surface area contributed by atoms with E-state index in [1.807, 2.05) is 0 Å². The maximum Gasteiger partial charge on any atom is 0.451 e. The summed E-state index contributed by atoms with van der Waals surface area (Å²) < 4.78 is 4.55. The van der Waals surface area contributed by atoms with Crippen LogP contribution in [0.15, 0.2) is 18.2 Å². The van der Waals surface area contributed by atoms with Crippen LogP contribution in [0.3, 0.4) is 0 Å². The number of ether oxygens (including phenoxy) is 1. The Morgan fingerprint density at radius 3 is 2.39 bits per heavy atom. The molecular formula is C8H5ClN2O7. The molecule has 0 aliphatic rings. The molecule has 0 spiro atoms. The van der Waals surface area contributed by atoms with Gasteiger partial charge in [0.25, 0.3) is 5.69 Å². The van der Waals surface area contributed by atoms with Crippen LogP contribution >= 0.6 is 11.6 Å². The molecule has 0 aliphatic carbocycles. The molecule has 0 saturated heterocycles. The summed E-state index contributed by atoms with van der Waals surface area (Å²) in [7, 11) is 0. The first-order valence-electron chi connectivity index (χ1n) is 4.30. The second kappa shape index (κ2) is 5.27. The van der Waals surface area contributed by atoms with Crippen molar-refractivity contribution in [3.63, 3.8) is 0 Å². The van der Waals surface area contributed by atoms with Crippen LogP contribution in [-0.2, 0) is 4.79 Å². The van der Waals surface area contributed by atoms with Crippen LogP contribution in [0.2, 0.25) is 5.02 Å². The molecule has 10 heteroatoms. The summed E-state index contributed by atoms with van der Waals surface area (Å²) in [4.78, 5) is 29.4. The molecule has 1 rings (SSSR count). The molecule has 0 radical (unpaired) electrons. The molecule has 0 aromatic heterocycles. The van der Waals surface area contributed by atoms with Gasteiger partial charge in [0.15, 0.2) is 0 Å². The van der Waals surface area contributed by atoms with E-state index in [2.05, 4.69) is 4.74 Å². The summed E-state index contributed by atoms with van der Waals surface area (Å²) in [5.74, 6) is -2.05. The first-order valence-corrected chi connectivity index (χ1v) is 4.67. The predicted molar refractivity (Wildman–Crippen MR) is 57.2 cm³/mol. The minimum Gasteiger partial charge on any atom is -0.473 e. The van der Waals surface area contributed by atoms with Gasteiger partial charge in [0.05, 0.1) is 9.85 Å². The number of nitrogens with zero attached hydrogens (tertiary/aromatic N) is 2. The topological polar surface area (TPSA) is 133 Å². The van der Waals surface area contributed by atoms with Gasteiger partial charge in [-0.1, -0.05) is 11.6 Å². The molecule has 0 heterocycles. The van der Waals surface area contributed by atoms with Gasteiger partial charge < -0.3 is 9.84 Å². The van der Waals surface area contributed by atoms with Crippen molar-refractivity contribution in [3.8, 4) is 5.75 Å². The molecule has 9 nitrogen and oxygen atoms in total. The third-order valence-electron chi connectivity index (χ3n) is 1.77. The van der Waals surface area contributed by atoms with Crippen LogP contribution in [0.4, 0.5) is 5.69 Å². The smallest absolute Gasteiger partial charge is 0.451 e. The van der Waals surface area contributed by atoms with E-state index in [9.17, 15) is 25.0 Å². The molecule has 96 valence electrons. The van der Waals surface area contributed by atoms with Gasteiger partial charge in [-0.25, -0.2) is 4.79 Å². The number of hydrogen-bond donors (Lipinski definition) is 1. The third kappa shape index (κ3) is 3.04. The summed E-state index contributed by atoms with van der Waals surface area (Å²) in [6.07, 6.45) is -2.30. The fourth-order valence-electron chi connectivity index (χ4n) is 1.02. The Kier molecular flexibility index (Phi) is 4.00. The Morgan fingerprint density at radius 2 is 2.00 bits per heavy atom. The third-order valence-corrected chi connectivity index (χ3v) is 2.07. The second-order valence-corrected chi connectivity index (χ2v) is 3.37. The molecule has 0 fully saturated rings. The maximum atomic E-state index is 10.5. The van der Waals surface area contributed by atoms with Crippen LogP contribution < -0.4 is 4.74 Å². The minimum absolute atomic E-state index is 0.255. The highest BCUT2D eigenvalue weighted by atomic mass is 35.5. The number of carboxylic acid groups (broad SMARTS) is 1. The highest BCUT2D eigenvalue weighted by molar-refractivity contribution is 6.32. The van der Waals surface area contributed by atoms with E-state index in [0.717, 1.165) is 18.2 Å². The Labute approximate surface area is 104 Å². The number of benzene rings is 1. The average molecular weight is 277 g/mol. The molecule has 0 bridgehead atoms. The Bertz CT molecular complexity index is 504. The van der Waals surface area contributed by atoms with Crippen LogP contribution in [0.25, 0.3) is 0 Å². The lowest BCUT2D eigenvalue weighted by molar-refractivity contribution is -0.548. The summed E-state index contributed by atoms with van der Waals surface area (Å²) in [5, 5.41) is 29.0. The molecule has 0 aliphatic heterocycles. The molecule has 1 aromatic rings. The normalized spacial score (nSPS) is 11.6. The average Bonchev–Trinajstić information content (AvgIpc) is 2.24. The van der Waals surface area contributed by atoms with Crippen molar-refractivity contribution in [3.05, 3.63) is 43.5 Å². The zero-order chi connectivity index (χ0) is 13.9. The first kappa shape index (κ1) is 13.6. The van der Waals surface area contributed by atoms with Crippen molar-refractivity contribution in [2.24, 2.45) is 0 Å². The Hall–Kier alpha value is -2.42. The molecule has 18 heavy (non-hydrogen) atoms. The highest BCUT2D eigenvalue weighted by Crippen LogP contribution is 2.28. The van der Waals surface area contributed by atoms with Crippen molar-refractivity contribution in [1.82, 2.24) is 0 Å². The summed E-state index contributed by atoms with van der Waals surface area (Å²) in [6.45, 7) is 0. The van der Waals surface area contributed by atoms with Gasteiger partial charge in [-0.15, -0.1) is 0 Å². The number of aliphatic carboxylic acids is 1. The van der Waals surface area contributed by atoms with Crippen molar-refractivity contribution >= 4 is 23.3 Å². The molecule has 0 amide bonds. The number of carboxylic acids is 1. The summed E-state index contributed by atoms with van der Waals surface area (Å²) >= 11 is 5.53. The number of nitro benzene ring substituents is 1. The van der Waals surface area contributed by atoms with Gasteiger partial charge in [-0.2, -0.15) is 0 Å². The quantitative estimate of drug-likeness (QED) is 0.487. The molecule has 0 saturated carbocycles. The lowest BCUT2D eigenvalue weighted by atomic mass is 10.3. The van der Waals surface area contributed by atoms with Gasteiger partial charge in [-0.3, -0.25) is 20.2 Å². The van der Waals surface area contributed by atoms with Crippen molar-refractivity contribution in [2.45, 2.75) is 6.23 Å². The second-order valence-electron chi connectivity index (χ2n) is 2.96. The number of hydrogen-bond acceptors (Lipinski definition) is 6. The fourth-order valence-corrected chi connectivity index (χ4v) is 1.26. The largest absolute Gasteiger partial charge is 0.473 e. The van der Waals surface area contributed by atoms with Gasteiger partial charge >= 0.3 is 12.2 Å². The van der Waals surface area contributed by atoms with E-state index in [1.54, 1.807) is 0 Å². The number of nitro groups is 2. The lowest BCUT2D eigenvalue weighted by Gasteiger charge is -2.07. The molecule has 1 aromatic carbocycles. The van der Waals surface area contributed by atoms with Crippen molar-refractivity contribution < 1.29 is 24.5 Å². The fraction of sp³-hybridized carbons (Fsp3) is 0.125. The van der Waals surface area contributed by atoms with Crippen molar-refractivity contribution in [2.75, 3.05) is 0 Å². The van der Waals surface area contributed by atoms with Crippen LogP contribution in [0.5, 0.6) is 5.75 Å². The van der Waals surface area contributed by atoms with Gasteiger partial charge in [0.2, 0.25) is 0 Å². The lowest BCUT2D eigenvalue weighted by Crippen LogP contribution is -2.34.